The Kier molecular flexibility index (Phi) is 3.45. The summed E-state index contributed by atoms with van der Waals surface area (Å²) < 4.78 is 0. The Bertz CT molecular complexity index is 640. The van der Waals surface area contributed by atoms with Gasteiger partial charge >= 0.3 is 0 Å². The Morgan fingerprint density at radius 3 is 2.43 bits per heavy atom. The molecule has 0 heterocycles. The third-order valence-corrected chi connectivity index (χ3v) is 5.67. The zero-order valence-electron chi connectivity index (χ0n) is 13.4. The number of rotatable bonds is 5. The van der Waals surface area contributed by atoms with E-state index >= 15 is 0 Å². The minimum atomic E-state index is 0.0197. The molecule has 21 heavy (non-hydrogen) atoms. The molecule has 3 rings (SSSR count). The van der Waals surface area contributed by atoms with Crippen LogP contribution >= 0.6 is 0 Å². The number of benzene rings is 2. The summed E-state index contributed by atoms with van der Waals surface area (Å²) in [7, 11) is 0. The molecule has 1 aliphatic rings. The van der Waals surface area contributed by atoms with Crippen molar-refractivity contribution in [2.75, 3.05) is 18.0 Å². The zero-order chi connectivity index (χ0) is 15.1. The van der Waals surface area contributed by atoms with Gasteiger partial charge in [0.1, 0.15) is 0 Å². The Hall–Kier alpha value is -1.54. The molecule has 1 saturated carbocycles. The third kappa shape index (κ3) is 2.13. The first-order valence-corrected chi connectivity index (χ1v) is 8.01. The van der Waals surface area contributed by atoms with Crippen LogP contribution in [0.25, 0.3) is 10.8 Å². The molecule has 0 aromatic heterocycles. The van der Waals surface area contributed by atoms with Gasteiger partial charge in [-0.1, -0.05) is 43.3 Å². The Balaban J connectivity index is 2.14. The fourth-order valence-electron chi connectivity index (χ4n) is 3.64. The van der Waals surface area contributed by atoms with Crippen LogP contribution in [-0.2, 0) is 0 Å². The zero-order valence-corrected chi connectivity index (χ0v) is 13.4. The molecule has 0 bridgehead atoms. The van der Waals surface area contributed by atoms with E-state index in [2.05, 4.69) is 68.1 Å². The van der Waals surface area contributed by atoms with Crippen LogP contribution in [0.15, 0.2) is 42.5 Å². The van der Waals surface area contributed by atoms with E-state index in [0.29, 0.717) is 12.0 Å². The average Bonchev–Trinajstić information content (AvgIpc) is 3.27. The minimum Gasteiger partial charge on any atom is -0.364 e. The van der Waals surface area contributed by atoms with E-state index in [1.165, 1.54) is 29.3 Å². The van der Waals surface area contributed by atoms with Gasteiger partial charge in [0.25, 0.3) is 0 Å². The van der Waals surface area contributed by atoms with Crippen molar-refractivity contribution >= 4 is 16.5 Å². The highest BCUT2D eigenvalue weighted by Crippen LogP contribution is 2.56. The van der Waals surface area contributed by atoms with Gasteiger partial charge in [-0.3, -0.25) is 0 Å². The van der Waals surface area contributed by atoms with Gasteiger partial charge in [0.15, 0.2) is 0 Å². The van der Waals surface area contributed by atoms with Gasteiger partial charge in [0.2, 0.25) is 0 Å². The van der Waals surface area contributed by atoms with E-state index in [1.54, 1.807) is 0 Å². The Morgan fingerprint density at radius 1 is 1.14 bits per heavy atom. The molecular formula is C19H26N2. The topological polar surface area (TPSA) is 29.3 Å². The van der Waals surface area contributed by atoms with Crippen LogP contribution in [0.5, 0.6) is 0 Å². The molecule has 1 unspecified atom stereocenters. The van der Waals surface area contributed by atoms with Crippen molar-refractivity contribution in [1.82, 2.24) is 0 Å². The predicted molar refractivity (Wildman–Crippen MR) is 91.8 cm³/mol. The quantitative estimate of drug-likeness (QED) is 0.891. The molecule has 0 radical (unpaired) electrons. The van der Waals surface area contributed by atoms with Crippen LogP contribution in [0.1, 0.15) is 33.6 Å². The number of anilines is 1. The number of likely N-dealkylation sites (N-methyl/N-ethyl adjacent to an activating group) is 1. The summed E-state index contributed by atoms with van der Waals surface area (Å²) >= 11 is 0. The summed E-state index contributed by atoms with van der Waals surface area (Å²) in [5.74, 6) is 0. The van der Waals surface area contributed by atoms with Crippen molar-refractivity contribution in [1.29, 1.82) is 0 Å². The smallest absolute Gasteiger partial charge is 0.0549 e. The van der Waals surface area contributed by atoms with Crippen LogP contribution in [0.2, 0.25) is 0 Å². The normalized spacial score (nSPS) is 19.2. The van der Waals surface area contributed by atoms with Gasteiger partial charge in [0, 0.05) is 24.2 Å². The first-order chi connectivity index (χ1) is 10.1. The standard InChI is InChI=1S/C19H26N2/c1-4-21(19(3,14-20)18(2)12-13-18)17-11-7-9-15-8-5-6-10-16(15)17/h5-11H,4,12-14,20H2,1-3H3. The average molecular weight is 282 g/mol. The molecule has 1 fully saturated rings. The highest BCUT2D eigenvalue weighted by atomic mass is 15.2. The molecular weight excluding hydrogens is 256 g/mol. The predicted octanol–water partition coefficient (Wildman–Crippen LogP) is 4.18. The summed E-state index contributed by atoms with van der Waals surface area (Å²) in [4.78, 5) is 2.53. The maximum Gasteiger partial charge on any atom is 0.0549 e. The summed E-state index contributed by atoms with van der Waals surface area (Å²) in [5.41, 5.74) is 7.93. The van der Waals surface area contributed by atoms with E-state index in [1.807, 2.05) is 0 Å². The third-order valence-electron chi connectivity index (χ3n) is 5.67. The van der Waals surface area contributed by atoms with Gasteiger partial charge in [-0.25, -0.2) is 0 Å². The van der Waals surface area contributed by atoms with Crippen LogP contribution in [0, 0.1) is 5.41 Å². The fraction of sp³-hybridized carbons (Fsp3) is 0.474. The fourth-order valence-corrected chi connectivity index (χ4v) is 3.64. The maximum atomic E-state index is 6.25. The van der Waals surface area contributed by atoms with E-state index in [4.69, 9.17) is 5.73 Å². The Labute approximate surface area is 127 Å². The largest absolute Gasteiger partial charge is 0.364 e. The van der Waals surface area contributed by atoms with Crippen molar-refractivity contribution in [3.05, 3.63) is 42.5 Å². The maximum absolute atomic E-state index is 6.25. The monoisotopic (exact) mass is 282 g/mol. The second-order valence-electron chi connectivity index (χ2n) is 6.78. The lowest BCUT2D eigenvalue weighted by Crippen LogP contribution is -2.57. The second-order valence-corrected chi connectivity index (χ2v) is 6.78. The van der Waals surface area contributed by atoms with Gasteiger partial charge < -0.3 is 10.6 Å². The molecule has 2 aromatic carbocycles. The first kappa shape index (κ1) is 14.4. The molecule has 0 aliphatic heterocycles. The molecule has 112 valence electrons. The molecule has 2 aromatic rings. The highest BCUT2D eigenvalue weighted by Gasteiger charge is 2.55. The molecule has 2 nitrogen and oxygen atoms in total. The number of nitrogens with zero attached hydrogens (tertiary/aromatic N) is 1. The summed E-state index contributed by atoms with van der Waals surface area (Å²) in [6.07, 6.45) is 2.56. The van der Waals surface area contributed by atoms with Gasteiger partial charge in [-0.15, -0.1) is 0 Å². The van der Waals surface area contributed by atoms with Crippen molar-refractivity contribution in [3.8, 4) is 0 Å². The van der Waals surface area contributed by atoms with Gasteiger partial charge in [-0.05, 0) is 43.6 Å². The SMILES string of the molecule is CCN(c1cccc2ccccc12)C(C)(CN)C1(C)CC1. The lowest BCUT2D eigenvalue weighted by atomic mass is 9.81. The van der Waals surface area contributed by atoms with Crippen molar-refractivity contribution < 1.29 is 0 Å². The molecule has 0 spiro atoms. The van der Waals surface area contributed by atoms with E-state index in [0.717, 1.165) is 6.54 Å². The Morgan fingerprint density at radius 2 is 1.81 bits per heavy atom. The first-order valence-electron chi connectivity index (χ1n) is 8.01. The van der Waals surface area contributed by atoms with E-state index in [9.17, 15) is 0 Å². The minimum absolute atomic E-state index is 0.0197. The van der Waals surface area contributed by atoms with Crippen LogP contribution in [0.4, 0.5) is 5.69 Å². The number of nitrogens with two attached hydrogens (primary N) is 1. The summed E-state index contributed by atoms with van der Waals surface area (Å²) in [6.45, 7) is 8.64. The van der Waals surface area contributed by atoms with Crippen LogP contribution in [0.3, 0.4) is 0 Å². The molecule has 0 amide bonds. The van der Waals surface area contributed by atoms with Crippen molar-refractivity contribution in [2.24, 2.45) is 11.1 Å². The van der Waals surface area contributed by atoms with Crippen LogP contribution in [-0.4, -0.2) is 18.6 Å². The molecule has 1 aliphatic carbocycles. The lowest BCUT2D eigenvalue weighted by Gasteiger charge is -2.47. The number of hydrogen-bond acceptors (Lipinski definition) is 2. The van der Waals surface area contributed by atoms with Crippen molar-refractivity contribution in [2.45, 2.75) is 39.2 Å². The van der Waals surface area contributed by atoms with Crippen LogP contribution < -0.4 is 10.6 Å². The summed E-state index contributed by atoms with van der Waals surface area (Å²) in [6, 6.07) is 15.2. The molecule has 2 N–H and O–H groups in total. The molecule has 1 atom stereocenters. The number of hydrogen-bond donors (Lipinski definition) is 1. The highest BCUT2D eigenvalue weighted by molar-refractivity contribution is 5.94. The van der Waals surface area contributed by atoms with Gasteiger partial charge in [0.05, 0.1) is 5.54 Å². The second kappa shape index (κ2) is 5.03. The molecule has 2 heteroatoms. The van der Waals surface area contributed by atoms with E-state index < -0.39 is 0 Å². The molecule has 0 saturated heterocycles. The van der Waals surface area contributed by atoms with Crippen molar-refractivity contribution in [3.63, 3.8) is 0 Å². The lowest BCUT2D eigenvalue weighted by molar-refractivity contribution is 0.280. The number of fused-ring (bicyclic) bond motifs is 1. The summed E-state index contributed by atoms with van der Waals surface area (Å²) in [5, 5.41) is 2.62. The van der Waals surface area contributed by atoms with E-state index in [-0.39, 0.29) is 5.54 Å². The van der Waals surface area contributed by atoms with Gasteiger partial charge in [-0.2, -0.15) is 0 Å².